The number of fused-ring (bicyclic) bond motifs is 1. The van der Waals surface area contributed by atoms with E-state index >= 15 is 0 Å². The number of nitrogens with two attached hydrogens (primary N) is 1. The van der Waals surface area contributed by atoms with Crippen LogP contribution >= 0.6 is 0 Å². The Balaban J connectivity index is 1.53. The number of alkyl halides is 3. The predicted molar refractivity (Wildman–Crippen MR) is 84.1 cm³/mol. The van der Waals surface area contributed by atoms with Crippen molar-refractivity contribution in [3.8, 4) is 0 Å². The second-order valence-electron chi connectivity index (χ2n) is 6.64. The topological polar surface area (TPSA) is 60.0 Å². The largest absolute Gasteiger partial charge is 0.451 e. The first kappa shape index (κ1) is 19.0. The van der Waals surface area contributed by atoms with Gasteiger partial charge in [-0.1, -0.05) is 0 Å². The fourth-order valence-corrected chi connectivity index (χ4v) is 3.24. The second-order valence-corrected chi connectivity index (χ2v) is 6.64. The van der Waals surface area contributed by atoms with E-state index < -0.39 is 12.0 Å². The predicted octanol–water partition coefficient (Wildman–Crippen LogP) is 3.09. The highest BCUT2D eigenvalue weighted by Crippen LogP contribution is 2.30. The van der Waals surface area contributed by atoms with Gasteiger partial charge >= 0.3 is 6.18 Å². The number of rotatable bonds is 5. The summed E-state index contributed by atoms with van der Waals surface area (Å²) in [7, 11) is 0. The van der Waals surface area contributed by atoms with Crippen molar-refractivity contribution in [2.75, 3.05) is 13.1 Å². The summed E-state index contributed by atoms with van der Waals surface area (Å²) in [5.74, 6) is -1.38. The van der Waals surface area contributed by atoms with Crippen molar-refractivity contribution in [2.45, 2.75) is 51.0 Å². The third-order valence-corrected chi connectivity index (χ3v) is 4.65. The molecule has 5 nitrogen and oxygen atoms in total. The summed E-state index contributed by atoms with van der Waals surface area (Å²) < 4.78 is 66.6. The minimum atomic E-state index is -4.52. The van der Waals surface area contributed by atoms with Crippen LogP contribution in [0, 0.1) is 0 Å². The van der Waals surface area contributed by atoms with E-state index in [9.17, 15) is 22.0 Å². The summed E-state index contributed by atoms with van der Waals surface area (Å²) in [5, 5.41) is 6.86. The molecule has 0 fully saturated rings. The monoisotopic (exact) mass is 377 g/mol. The minimum absolute atomic E-state index is 0.0632. The van der Waals surface area contributed by atoms with Gasteiger partial charge in [0, 0.05) is 38.5 Å². The number of hydrogen-bond acceptors (Lipinski definition) is 4. The smallest absolute Gasteiger partial charge is 0.327 e. The summed E-state index contributed by atoms with van der Waals surface area (Å²) in [4.78, 5) is 1.94. The van der Waals surface area contributed by atoms with Crippen molar-refractivity contribution in [3.63, 3.8) is 0 Å². The van der Waals surface area contributed by atoms with Gasteiger partial charge in [0.05, 0.1) is 6.54 Å². The highest BCUT2D eigenvalue weighted by molar-refractivity contribution is 5.29. The van der Waals surface area contributed by atoms with Gasteiger partial charge in [-0.25, -0.2) is 8.78 Å². The van der Waals surface area contributed by atoms with Gasteiger partial charge < -0.3 is 10.3 Å². The van der Waals surface area contributed by atoms with Gasteiger partial charge in [0.2, 0.25) is 5.82 Å². The Bertz CT molecular complexity index is 721. The van der Waals surface area contributed by atoms with Gasteiger partial charge in [-0.15, -0.1) is 10.2 Å². The lowest BCUT2D eigenvalue weighted by molar-refractivity contribution is -0.148. The summed E-state index contributed by atoms with van der Waals surface area (Å²) in [6.45, 7) is 1.37. The molecule has 0 radical (unpaired) electrons. The Morgan fingerprint density at radius 2 is 1.92 bits per heavy atom. The molecule has 2 aliphatic rings. The van der Waals surface area contributed by atoms with Crippen LogP contribution in [-0.2, 0) is 19.3 Å². The summed E-state index contributed by atoms with van der Waals surface area (Å²) in [6, 6.07) is -0.358. The van der Waals surface area contributed by atoms with E-state index in [1.807, 2.05) is 4.90 Å². The maximum Gasteiger partial charge on any atom is 0.451 e. The van der Waals surface area contributed by atoms with Gasteiger partial charge in [-0.2, -0.15) is 13.2 Å². The standard InChI is InChI=1S/C16H20F5N5/c17-11-1-2-13(18)10(7-11)8-12(22)3-4-25-5-6-26-14(9-25)23-24-15(26)16(19,20)21/h7,12H,1-6,8-9,22H2. The Kier molecular flexibility index (Phi) is 5.42. The zero-order valence-corrected chi connectivity index (χ0v) is 14.1. The normalized spacial score (nSPS) is 20.2. The molecule has 10 heteroatoms. The van der Waals surface area contributed by atoms with Gasteiger partial charge in [0.25, 0.3) is 0 Å². The third-order valence-electron chi connectivity index (χ3n) is 4.65. The van der Waals surface area contributed by atoms with E-state index in [0.29, 0.717) is 25.1 Å². The van der Waals surface area contributed by atoms with Crippen molar-refractivity contribution in [1.29, 1.82) is 0 Å². The van der Waals surface area contributed by atoms with Crippen molar-refractivity contribution in [1.82, 2.24) is 19.7 Å². The molecule has 1 aliphatic heterocycles. The number of nitrogens with zero attached hydrogens (tertiary/aromatic N) is 4. The molecular formula is C16H20F5N5. The van der Waals surface area contributed by atoms with Crippen LogP contribution in [0.2, 0.25) is 0 Å². The maximum atomic E-state index is 13.7. The highest BCUT2D eigenvalue weighted by atomic mass is 19.4. The molecule has 1 aromatic heterocycles. The molecule has 1 atom stereocenters. The average molecular weight is 377 g/mol. The summed E-state index contributed by atoms with van der Waals surface area (Å²) in [6.07, 6.45) is -2.41. The van der Waals surface area contributed by atoms with Crippen LogP contribution < -0.4 is 5.73 Å². The number of allylic oxidation sites excluding steroid dienone is 3. The molecule has 3 rings (SSSR count). The average Bonchev–Trinajstić information content (AvgIpc) is 3.00. The molecule has 26 heavy (non-hydrogen) atoms. The van der Waals surface area contributed by atoms with Gasteiger partial charge in [-0.3, -0.25) is 4.90 Å². The number of halogens is 5. The Labute approximate surface area is 147 Å². The van der Waals surface area contributed by atoms with E-state index in [1.165, 1.54) is 6.08 Å². The molecule has 0 saturated carbocycles. The fourth-order valence-electron chi connectivity index (χ4n) is 3.24. The molecule has 2 heterocycles. The van der Waals surface area contributed by atoms with Crippen LogP contribution in [-0.4, -0.2) is 38.8 Å². The maximum absolute atomic E-state index is 13.7. The zero-order valence-electron chi connectivity index (χ0n) is 14.1. The van der Waals surface area contributed by atoms with Crippen molar-refractivity contribution in [3.05, 3.63) is 35.0 Å². The molecule has 1 unspecified atom stereocenters. The lowest BCUT2D eigenvalue weighted by Crippen LogP contribution is -2.38. The third kappa shape index (κ3) is 4.29. The first-order chi connectivity index (χ1) is 12.2. The first-order valence-electron chi connectivity index (χ1n) is 8.45. The molecule has 0 saturated heterocycles. The zero-order chi connectivity index (χ0) is 18.9. The molecule has 1 aromatic rings. The molecule has 0 amide bonds. The lowest BCUT2D eigenvalue weighted by Gasteiger charge is -2.28. The van der Waals surface area contributed by atoms with Crippen LogP contribution in [0.25, 0.3) is 0 Å². The van der Waals surface area contributed by atoms with E-state index in [-0.39, 0.29) is 55.9 Å². The quantitative estimate of drug-likeness (QED) is 0.802. The molecule has 0 bridgehead atoms. The van der Waals surface area contributed by atoms with E-state index in [1.54, 1.807) is 0 Å². The Morgan fingerprint density at radius 1 is 1.15 bits per heavy atom. The SMILES string of the molecule is NC(CCN1CCn2c(nnc2C(F)(F)F)C1)CC1=C(F)CCC(F)=C1. The van der Waals surface area contributed by atoms with Gasteiger partial charge in [0.15, 0.2) is 0 Å². The first-order valence-corrected chi connectivity index (χ1v) is 8.45. The van der Waals surface area contributed by atoms with Gasteiger partial charge in [-0.05, 0) is 24.5 Å². The van der Waals surface area contributed by atoms with Crippen LogP contribution in [0.15, 0.2) is 23.3 Å². The number of aromatic nitrogens is 3. The summed E-state index contributed by atoms with van der Waals surface area (Å²) >= 11 is 0. The molecule has 144 valence electrons. The molecular weight excluding hydrogens is 357 g/mol. The fraction of sp³-hybridized carbons (Fsp3) is 0.625. The van der Waals surface area contributed by atoms with E-state index in [2.05, 4.69) is 10.2 Å². The molecule has 1 aliphatic carbocycles. The number of hydrogen-bond donors (Lipinski definition) is 1. The van der Waals surface area contributed by atoms with Crippen molar-refractivity contribution in [2.24, 2.45) is 5.73 Å². The highest BCUT2D eigenvalue weighted by Gasteiger charge is 2.39. The molecule has 0 aromatic carbocycles. The minimum Gasteiger partial charge on any atom is -0.327 e. The van der Waals surface area contributed by atoms with Crippen LogP contribution in [0.4, 0.5) is 22.0 Å². The van der Waals surface area contributed by atoms with E-state index in [4.69, 9.17) is 5.73 Å². The van der Waals surface area contributed by atoms with Gasteiger partial charge in [0.1, 0.15) is 17.5 Å². The van der Waals surface area contributed by atoms with Crippen molar-refractivity contribution < 1.29 is 22.0 Å². The molecule has 0 spiro atoms. The van der Waals surface area contributed by atoms with E-state index in [0.717, 1.165) is 4.57 Å². The van der Waals surface area contributed by atoms with Crippen LogP contribution in [0.5, 0.6) is 0 Å². The van der Waals surface area contributed by atoms with Crippen LogP contribution in [0.3, 0.4) is 0 Å². The van der Waals surface area contributed by atoms with Crippen LogP contribution in [0.1, 0.15) is 37.3 Å². The lowest BCUT2D eigenvalue weighted by atomic mass is 9.97. The Hall–Kier alpha value is -1.81. The second kappa shape index (κ2) is 7.43. The molecule has 2 N–H and O–H groups in total. The Morgan fingerprint density at radius 3 is 2.65 bits per heavy atom. The van der Waals surface area contributed by atoms with Crippen molar-refractivity contribution >= 4 is 0 Å². The summed E-state index contributed by atoms with van der Waals surface area (Å²) in [5.41, 5.74) is 6.32.